The van der Waals surface area contributed by atoms with Crippen LogP contribution in [0.3, 0.4) is 0 Å². The number of furan rings is 1. The molecule has 25 heavy (non-hydrogen) atoms. The van der Waals surface area contributed by atoms with Crippen LogP contribution >= 0.6 is 11.8 Å². The van der Waals surface area contributed by atoms with Crippen LogP contribution in [0.5, 0.6) is 0 Å². The summed E-state index contributed by atoms with van der Waals surface area (Å²) in [4.78, 5) is 12.2. The predicted octanol–water partition coefficient (Wildman–Crippen LogP) is 4.19. The second-order valence-electron chi connectivity index (χ2n) is 6.17. The first kappa shape index (κ1) is 16.1. The summed E-state index contributed by atoms with van der Waals surface area (Å²) in [5, 5.41) is 9.45. The number of ketones is 1. The summed E-state index contributed by atoms with van der Waals surface area (Å²) in [6, 6.07) is 13.9. The summed E-state index contributed by atoms with van der Waals surface area (Å²) in [7, 11) is 0. The SMILES string of the molecule is O=C1CCCC[C@@H]1Sc1nnc(-c2ccco2)n1Cc1ccccc1. The minimum absolute atomic E-state index is 0.0167. The van der Waals surface area contributed by atoms with Crippen molar-refractivity contribution in [3.05, 3.63) is 54.3 Å². The topological polar surface area (TPSA) is 60.9 Å². The van der Waals surface area contributed by atoms with E-state index in [2.05, 4.69) is 22.3 Å². The van der Waals surface area contributed by atoms with E-state index in [1.54, 1.807) is 6.26 Å². The average Bonchev–Trinajstić information content (AvgIpc) is 3.28. The Labute approximate surface area is 150 Å². The molecule has 1 aliphatic carbocycles. The molecule has 6 heteroatoms. The Bertz CT molecular complexity index is 843. The molecule has 4 rings (SSSR count). The minimum atomic E-state index is -0.0167. The summed E-state index contributed by atoms with van der Waals surface area (Å²) in [5.41, 5.74) is 1.16. The van der Waals surface area contributed by atoms with Crippen LogP contribution in [-0.2, 0) is 11.3 Å². The van der Waals surface area contributed by atoms with Crippen LogP contribution in [-0.4, -0.2) is 25.8 Å². The first-order valence-electron chi connectivity index (χ1n) is 8.51. The number of carbonyl (C=O) groups excluding carboxylic acids is 1. The number of benzene rings is 1. The monoisotopic (exact) mass is 353 g/mol. The molecule has 0 spiro atoms. The van der Waals surface area contributed by atoms with Crippen LogP contribution in [0.15, 0.2) is 58.3 Å². The minimum Gasteiger partial charge on any atom is -0.461 e. The Morgan fingerprint density at radius 3 is 2.76 bits per heavy atom. The Balaban J connectivity index is 1.67. The molecule has 1 aliphatic rings. The standard InChI is InChI=1S/C19H19N3O2S/c23-15-9-4-5-11-17(15)25-19-21-20-18(16-10-6-12-24-16)22(19)13-14-7-2-1-3-8-14/h1-3,6-8,10,12,17H,4-5,9,11,13H2/t17-/m0/s1. The molecule has 0 radical (unpaired) electrons. The van der Waals surface area contributed by atoms with E-state index >= 15 is 0 Å². The van der Waals surface area contributed by atoms with Gasteiger partial charge in [-0.3, -0.25) is 9.36 Å². The molecule has 0 bridgehead atoms. The molecule has 128 valence electrons. The molecule has 0 saturated heterocycles. The quantitative estimate of drug-likeness (QED) is 0.688. The number of nitrogens with zero attached hydrogens (tertiary/aromatic N) is 3. The van der Waals surface area contributed by atoms with Gasteiger partial charge in [-0.2, -0.15) is 0 Å². The zero-order valence-corrected chi connectivity index (χ0v) is 14.6. The maximum absolute atomic E-state index is 12.2. The molecule has 1 fully saturated rings. The van der Waals surface area contributed by atoms with Crippen molar-refractivity contribution < 1.29 is 9.21 Å². The molecule has 2 aromatic heterocycles. The highest BCUT2D eigenvalue weighted by Gasteiger charge is 2.26. The molecular weight excluding hydrogens is 334 g/mol. The smallest absolute Gasteiger partial charge is 0.200 e. The van der Waals surface area contributed by atoms with Gasteiger partial charge in [-0.05, 0) is 30.5 Å². The second-order valence-corrected chi connectivity index (χ2v) is 7.34. The van der Waals surface area contributed by atoms with Gasteiger partial charge < -0.3 is 4.42 Å². The van der Waals surface area contributed by atoms with Crippen molar-refractivity contribution >= 4 is 17.5 Å². The van der Waals surface area contributed by atoms with Crippen LogP contribution in [0.1, 0.15) is 31.2 Å². The van der Waals surface area contributed by atoms with E-state index in [0.29, 0.717) is 30.3 Å². The summed E-state index contributed by atoms with van der Waals surface area (Å²) < 4.78 is 7.57. The fraction of sp³-hybridized carbons (Fsp3) is 0.316. The average molecular weight is 353 g/mol. The van der Waals surface area contributed by atoms with Gasteiger partial charge in [-0.1, -0.05) is 48.5 Å². The van der Waals surface area contributed by atoms with Crippen LogP contribution < -0.4 is 0 Å². The molecule has 0 unspecified atom stereocenters. The molecular formula is C19H19N3O2S. The molecule has 0 N–H and O–H groups in total. The summed E-state index contributed by atoms with van der Waals surface area (Å²) >= 11 is 1.53. The highest BCUT2D eigenvalue weighted by molar-refractivity contribution is 8.00. The third-order valence-electron chi connectivity index (χ3n) is 4.39. The predicted molar refractivity (Wildman–Crippen MR) is 96.4 cm³/mol. The molecule has 1 atom stereocenters. The molecule has 1 aromatic carbocycles. The lowest BCUT2D eigenvalue weighted by molar-refractivity contribution is -0.119. The Morgan fingerprint density at radius 2 is 2.00 bits per heavy atom. The summed E-state index contributed by atoms with van der Waals surface area (Å²) in [6.45, 7) is 0.646. The second kappa shape index (κ2) is 7.27. The third-order valence-corrected chi connectivity index (χ3v) is 5.68. The third kappa shape index (κ3) is 3.54. The highest BCUT2D eigenvalue weighted by atomic mass is 32.2. The zero-order valence-electron chi connectivity index (χ0n) is 13.8. The van der Waals surface area contributed by atoms with Gasteiger partial charge in [-0.25, -0.2) is 0 Å². The van der Waals surface area contributed by atoms with Crippen molar-refractivity contribution in [3.63, 3.8) is 0 Å². The van der Waals surface area contributed by atoms with E-state index in [4.69, 9.17) is 4.42 Å². The maximum atomic E-state index is 12.2. The highest BCUT2D eigenvalue weighted by Crippen LogP contribution is 2.33. The molecule has 0 aliphatic heterocycles. The van der Waals surface area contributed by atoms with Crippen molar-refractivity contribution in [1.29, 1.82) is 0 Å². The van der Waals surface area contributed by atoms with E-state index in [1.807, 2.05) is 34.9 Å². The number of carbonyl (C=O) groups is 1. The van der Waals surface area contributed by atoms with Gasteiger partial charge in [0.15, 0.2) is 10.9 Å². The normalized spacial score (nSPS) is 17.8. The lowest BCUT2D eigenvalue weighted by Crippen LogP contribution is -2.22. The van der Waals surface area contributed by atoms with Crippen molar-refractivity contribution in [2.24, 2.45) is 0 Å². The van der Waals surface area contributed by atoms with Gasteiger partial charge in [0, 0.05) is 6.42 Å². The van der Waals surface area contributed by atoms with E-state index in [0.717, 1.165) is 30.0 Å². The molecule has 5 nitrogen and oxygen atoms in total. The lowest BCUT2D eigenvalue weighted by Gasteiger charge is -2.19. The van der Waals surface area contributed by atoms with Crippen LogP contribution in [0.4, 0.5) is 0 Å². The zero-order chi connectivity index (χ0) is 17.1. The van der Waals surface area contributed by atoms with Gasteiger partial charge in [0.25, 0.3) is 0 Å². The summed E-state index contributed by atoms with van der Waals surface area (Å²) in [5.74, 6) is 1.70. The van der Waals surface area contributed by atoms with Crippen LogP contribution in [0.2, 0.25) is 0 Å². The van der Waals surface area contributed by atoms with Crippen molar-refractivity contribution in [2.75, 3.05) is 0 Å². The van der Waals surface area contributed by atoms with E-state index in [9.17, 15) is 4.79 Å². The molecule has 1 saturated carbocycles. The fourth-order valence-corrected chi connectivity index (χ4v) is 4.23. The molecule has 0 amide bonds. The van der Waals surface area contributed by atoms with Gasteiger partial charge in [0.2, 0.25) is 5.82 Å². The fourth-order valence-electron chi connectivity index (χ4n) is 3.08. The molecule has 3 aromatic rings. The number of aromatic nitrogens is 3. The van der Waals surface area contributed by atoms with Crippen molar-refractivity contribution in [2.45, 2.75) is 42.6 Å². The maximum Gasteiger partial charge on any atom is 0.200 e. The Kier molecular flexibility index (Phi) is 4.70. The van der Waals surface area contributed by atoms with Crippen LogP contribution in [0.25, 0.3) is 11.6 Å². The molecule has 2 heterocycles. The number of Topliss-reactive ketones (excluding diaryl/α,β-unsaturated/α-hetero) is 1. The van der Waals surface area contributed by atoms with Gasteiger partial charge >= 0.3 is 0 Å². The largest absolute Gasteiger partial charge is 0.461 e. The lowest BCUT2D eigenvalue weighted by atomic mass is 9.99. The number of rotatable bonds is 5. The van der Waals surface area contributed by atoms with E-state index in [-0.39, 0.29) is 5.25 Å². The Morgan fingerprint density at radius 1 is 1.12 bits per heavy atom. The first-order chi connectivity index (χ1) is 12.3. The van der Waals surface area contributed by atoms with Crippen LogP contribution in [0, 0.1) is 0 Å². The number of hydrogen-bond acceptors (Lipinski definition) is 5. The first-order valence-corrected chi connectivity index (χ1v) is 9.39. The number of hydrogen-bond donors (Lipinski definition) is 0. The summed E-state index contributed by atoms with van der Waals surface area (Å²) in [6.07, 6.45) is 5.33. The van der Waals surface area contributed by atoms with Gasteiger partial charge in [0.1, 0.15) is 5.78 Å². The van der Waals surface area contributed by atoms with Crippen molar-refractivity contribution in [3.8, 4) is 11.6 Å². The van der Waals surface area contributed by atoms with E-state index in [1.165, 1.54) is 11.8 Å². The van der Waals surface area contributed by atoms with Gasteiger partial charge in [-0.15, -0.1) is 10.2 Å². The van der Waals surface area contributed by atoms with Gasteiger partial charge in [0.05, 0.1) is 18.1 Å². The number of thioether (sulfide) groups is 1. The van der Waals surface area contributed by atoms with Crippen molar-refractivity contribution in [1.82, 2.24) is 14.8 Å². The Hall–Kier alpha value is -2.34. The van der Waals surface area contributed by atoms with E-state index < -0.39 is 0 Å².